The first-order valence-corrected chi connectivity index (χ1v) is 6.57. The lowest BCUT2D eigenvalue weighted by atomic mass is 10.1. The van der Waals surface area contributed by atoms with E-state index in [4.69, 9.17) is 28.3 Å². The largest absolute Gasteiger partial charge is 0.480 e. The van der Waals surface area contributed by atoms with E-state index in [-0.39, 0.29) is 10.7 Å². The molecule has 1 aromatic rings. The molecule has 110 valence electrons. The smallest absolute Gasteiger partial charge is 0.329 e. The predicted molar refractivity (Wildman–Crippen MR) is 79.7 cm³/mol. The number of likely N-dealkylation sites (N-methyl/N-ethyl adjacent to an activating group) is 1. The number of carboxylic acid groups (broad SMARTS) is 1. The summed E-state index contributed by atoms with van der Waals surface area (Å²) in [5, 5.41) is 12.3. The van der Waals surface area contributed by atoms with E-state index in [9.17, 15) is 9.59 Å². The first kappa shape index (κ1) is 16.6. The van der Waals surface area contributed by atoms with Crippen molar-refractivity contribution in [3.8, 4) is 0 Å². The number of hydrogen-bond donors (Lipinski definition) is 2. The van der Waals surface area contributed by atoms with E-state index in [1.807, 2.05) is 0 Å². The number of urea groups is 1. The number of anilines is 1. The van der Waals surface area contributed by atoms with Crippen molar-refractivity contribution in [2.75, 3.05) is 12.4 Å². The standard InChI is InChI=1S/C13H16Cl2N2O3/c1-7-5-6-8(14)10(9(7)15)16-12(20)17(4)13(2,3)11(18)19/h5-6H,1-4H3,(H,16,20)(H,18,19). The quantitative estimate of drug-likeness (QED) is 0.894. The lowest BCUT2D eigenvalue weighted by Gasteiger charge is -2.31. The number of amides is 2. The van der Waals surface area contributed by atoms with Crippen LogP contribution in [0.4, 0.5) is 10.5 Å². The molecule has 5 nitrogen and oxygen atoms in total. The van der Waals surface area contributed by atoms with Gasteiger partial charge in [-0.2, -0.15) is 0 Å². The Hall–Kier alpha value is -1.46. The van der Waals surface area contributed by atoms with Gasteiger partial charge in [0.1, 0.15) is 5.54 Å². The molecule has 7 heteroatoms. The van der Waals surface area contributed by atoms with Crippen molar-refractivity contribution in [2.45, 2.75) is 26.3 Å². The van der Waals surface area contributed by atoms with Gasteiger partial charge < -0.3 is 15.3 Å². The summed E-state index contributed by atoms with van der Waals surface area (Å²) >= 11 is 12.1. The fraction of sp³-hybridized carbons (Fsp3) is 0.385. The van der Waals surface area contributed by atoms with Gasteiger partial charge in [0.05, 0.1) is 15.7 Å². The average Bonchev–Trinajstić information content (AvgIpc) is 2.37. The Labute approximate surface area is 127 Å². The molecule has 1 aromatic carbocycles. The summed E-state index contributed by atoms with van der Waals surface area (Å²) in [6.45, 7) is 4.63. The fourth-order valence-corrected chi connectivity index (χ4v) is 1.82. The van der Waals surface area contributed by atoms with Gasteiger partial charge in [0.25, 0.3) is 0 Å². The third kappa shape index (κ3) is 3.16. The van der Waals surface area contributed by atoms with Crippen LogP contribution in [0, 0.1) is 6.92 Å². The molecule has 0 aromatic heterocycles. The minimum absolute atomic E-state index is 0.270. The summed E-state index contributed by atoms with van der Waals surface area (Å²) in [6, 6.07) is 2.73. The summed E-state index contributed by atoms with van der Waals surface area (Å²) in [4.78, 5) is 24.3. The second kappa shape index (κ2) is 5.89. The van der Waals surface area contributed by atoms with Crippen molar-refractivity contribution in [1.82, 2.24) is 4.90 Å². The maximum Gasteiger partial charge on any atom is 0.329 e. The summed E-state index contributed by atoms with van der Waals surface area (Å²) < 4.78 is 0. The Morgan fingerprint density at radius 2 is 1.85 bits per heavy atom. The Balaban J connectivity index is 3.03. The zero-order valence-corrected chi connectivity index (χ0v) is 13.1. The number of carbonyl (C=O) groups is 2. The first-order valence-electron chi connectivity index (χ1n) is 5.81. The molecule has 0 heterocycles. The predicted octanol–water partition coefficient (Wildman–Crippen LogP) is 3.63. The van der Waals surface area contributed by atoms with Crippen molar-refractivity contribution >= 4 is 40.9 Å². The Morgan fingerprint density at radius 3 is 2.35 bits per heavy atom. The minimum atomic E-state index is -1.35. The maximum atomic E-state index is 12.1. The van der Waals surface area contributed by atoms with E-state index >= 15 is 0 Å². The van der Waals surface area contributed by atoms with E-state index in [2.05, 4.69) is 5.32 Å². The molecule has 0 aliphatic rings. The molecular weight excluding hydrogens is 303 g/mol. The normalized spacial score (nSPS) is 11.1. The lowest BCUT2D eigenvalue weighted by Crippen LogP contribution is -2.52. The summed E-state index contributed by atoms with van der Waals surface area (Å²) in [5.41, 5.74) is -0.328. The zero-order chi connectivity index (χ0) is 15.7. The SMILES string of the molecule is Cc1ccc(Cl)c(NC(=O)N(C)C(C)(C)C(=O)O)c1Cl. The van der Waals surface area contributed by atoms with Crippen LogP contribution in [0.2, 0.25) is 10.0 Å². The van der Waals surface area contributed by atoms with Crippen molar-refractivity contribution < 1.29 is 14.7 Å². The van der Waals surface area contributed by atoms with Gasteiger partial charge in [0.15, 0.2) is 0 Å². The summed E-state index contributed by atoms with van der Waals surface area (Å²) in [5.74, 6) is -1.11. The molecular formula is C13H16Cl2N2O3. The fourth-order valence-electron chi connectivity index (χ4n) is 1.36. The summed E-state index contributed by atoms with van der Waals surface area (Å²) in [7, 11) is 1.39. The number of nitrogens with zero attached hydrogens (tertiary/aromatic N) is 1. The van der Waals surface area contributed by atoms with E-state index in [1.165, 1.54) is 20.9 Å². The van der Waals surface area contributed by atoms with Crippen LogP contribution in [0.5, 0.6) is 0 Å². The van der Waals surface area contributed by atoms with Gasteiger partial charge in [0, 0.05) is 7.05 Å². The van der Waals surface area contributed by atoms with Crippen molar-refractivity contribution in [3.63, 3.8) is 0 Å². The highest BCUT2D eigenvalue weighted by Crippen LogP contribution is 2.33. The lowest BCUT2D eigenvalue weighted by molar-refractivity contribution is -0.146. The van der Waals surface area contributed by atoms with Crippen LogP contribution >= 0.6 is 23.2 Å². The van der Waals surface area contributed by atoms with Crippen molar-refractivity contribution in [1.29, 1.82) is 0 Å². The highest BCUT2D eigenvalue weighted by atomic mass is 35.5. The number of benzene rings is 1. The van der Waals surface area contributed by atoms with Gasteiger partial charge in [0.2, 0.25) is 0 Å². The van der Waals surface area contributed by atoms with E-state index < -0.39 is 17.5 Å². The first-order chi connectivity index (χ1) is 9.09. The van der Waals surface area contributed by atoms with Crippen LogP contribution in [0.15, 0.2) is 12.1 Å². The van der Waals surface area contributed by atoms with Gasteiger partial charge in [-0.15, -0.1) is 0 Å². The number of hydrogen-bond acceptors (Lipinski definition) is 2. The zero-order valence-electron chi connectivity index (χ0n) is 11.6. The molecule has 0 saturated carbocycles. The van der Waals surface area contributed by atoms with E-state index in [1.54, 1.807) is 19.1 Å². The highest BCUT2D eigenvalue weighted by molar-refractivity contribution is 6.40. The monoisotopic (exact) mass is 318 g/mol. The van der Waals surface area contributed by atoms with Gasteiger partial charge in [-0.25, -0.2) is 9.59 Å². The van der Waals surface area contributed by atoms with Crippen LogP contribution in [0.25, 0.3) is 0 Å². The van der Waals surface area contributed by atoms with Crippen molar-refractivity contribution in [3.05, 3.63) is 27.7 Å². The number of carboxylic acids is 1. The van der Waals surface area contributed by atoms with Gasteiger partial charge in [-0.3, -0.25) is 0 Å². The van der Waals surface area contributed by atoms with Crippen LogP contribution < -0.4 is 5.32 Å². The minimum Gasteiger partial charge on any atom is -0.480 e. The number of aliphatic carboxylic acids is 1. The second-order valence-electron chi connectivity index (χ2n) is 4.91. The molecule has 0 aliphatic carbocycles. The Morgan fingerprint density at radius 1 is 1.30 bits per heavy atom. The molecule has 0 bridgehead atoms. The Kier molecular flexibility index (Phi) is 4.89. The number of nitrogens with one attached hydrogen (secondary N) is 1. The molecule has 2 N–H and O–H groups in total. The van der Waals surface area contributed by atoms with Gasteiger partial charge in [-0.05, 0) is 32.4 Å². The third-order valence-electron chi connectivity index (χ3n) is 3.18. The van der Waals surface area contributed by atoms with E-state index in [0.717, 1.165) is 10.5 Å². The summed E-state index contributed by atoms with van der Waals surface area (Å²) in [6.07, 6.45) is 0. The number of halogens is 2. The maximum absolute atomic E-state index is 12.1. The topological polar surface area (TPSA) is 69.6 Å². The Bertz CT molecular complexity index is 559. The average molecular weight is 319 g/mol. The van der Waals surface area contributed by atoms with Gasteiger partial charge >= 0.3 is 12.0 Å². The highest BCUT2D eigenvalue weighted by Gasteiger charge is 2.35. The molecule has 0 aliphatic heterocycles. The van der Waals surface area contributed by atoms with Crippen LogP contribution in [-0.2, 0) is 4.79 Å². The number of rotatable bonds is 3. The molecule has 1 rings (SSSR count). The van der Waals surface area contributed by atoms with E-state index in [0.29, 0.717) is 5.02 Å². The molecule has 2 amide bonds. The molecule has 0 radical (unpaired) electrons. The third-order valence-corrected chi connectivity index (χ3v) is 3.98. The van der Waals surface area contributed by atoms with Crippen LogP contribution in [0.3, 0.4) is 0 Å². The number of aryl methyl sites for hydroxylation is 1. The molecule has 20 heavy (non-hydrogen) atoms. The molecule has 0 saturated heterocycles. The van der Waals surface area contributed by atoms with Crippen LogP contribution in [-0.4, -0.2) is 34.6 Å². The van der Waals surface area contributed by atoms with Crippen LogP contribution in [0.1, 0.15) is 19.4 Å². The molecule has 0 unspecified atom stereocenters. The molecule has 0 atom stereocenters. The number of carbonyl (C=O) groups excluding carboxylic acids is 1. The van der Waals surface area contributed by atoms with Crippen molar-refractivity contribution in [2.24, 2.45) is 0 Å². The second-order valence-corrected chi connectivity index (χ2v) is 5.69. The molecule has 0 fully saturated rings. The molecule has 0 spiro atoms. The van der Waals surface area contributed by atoms with Gasteiger partial charge in [-0.1, -0.05) is 29.3 Å².